The van der Waals surface area contributed by atoms with Crippen molar-refractivity contribution in [1.82, 2.24) is 0 Å². The number of ketones is 1. The van der Waals surface area contributed by atoms with Gasteiger partial charge in [0, 0.05) is 17.7 Å². The first-order valence-electron chi connectivity index (χ1n) is 4.88. The van der Waals surface area contributed by atoms with E-state index in [-0.39, 0.29) is 5.78 Å². The second kappa shape index (κ2) is 3.82. The minimum Gasteiger partial charge on any atom is -0.398 e. The van der Waals surface area contributed by atoms with Gasteiger partial charge in [0.15, 0.2) is 5.78 Å². The highest BCUT2D eigenvalue weighted by Gasteiger charge is 2.13. The predicted molar refractivity (Wildman–Crippen MR) is 59.7 cm³/mol. The van der Waals surface area contributed by atoms with Crippen LogP contribution in [0, 0.1) is 20.8 Å². The largest absolute Gasteiger partial charge is 0.398 e. The molecule has 0 fully saturated rings. The molecule has 0 atom stereocenters. The molecule has 0 aliphatic heterocycles. The lowest BCUT2D eigenvalue weighted by Gasteiger charge is -2.12. The van der Waals surface area contributed by atoms with Crippen molar-refractivity contribution >= 4 is 11.5 Å². The molecule has 0 aliphatic carbocycles. The maximum Gasteiger partial charge on any atom is 0.163 e. The third-order valence-electron chi connectivity index (χ3n) is 2.63. The second-order valence-corrected chi connectivity index (χ2v) is 3.70. The molecule has 0 heterocycles. The van der Waals surface area contributed by atoms with Crippen LogP contribution in [-0.2, 0) is 0 Å². The van der Waals surface area contributed by atoms with Crippen LogP contribution in [0.25, 0.3) is 0 Å². The molecule has 1 rings (SSSR count). The lowest BCUT2D eigenvalue weighted by atomic mass is 9.94. The number of Topliss-reactive ketones (excluding diaryl/α,β-unsaturated/α-hetero) is 1. The van der Waals surface area contributed by atoms with E-state index in [9.17, 15) is 4.79 Å². The number of hydrogen-bond acceptors (Lipinski definition) is 2. The fourth-order valence-electron chi connectivity index (χ4n) is 1.81. The predicted octanol–water partition coefficient (Wildman–Crippen LogP) is 2.79. The number of aryl methyl sites for hydroxylation is 2. The van der Waals surface area contributed by atoms with Crippen LogP contribution in [0.15, 0.2) is 6.07 Å². The number of benzene rings is 1. The monoisotopic (exact) mass is 191 g/mol. The van der Waals surface area contributed by atoms with Crippen LogP contribution in [-0.4, -0.2) is 5.78 Å². The van der Waals surface area contributed by atoms with E-state index < -0.39 is 0 Å². The van der Waals surface area contributed by atoms with E-state index in [1.165, 1.54) is 0 Å². The molecule has 1 aromatic carbocycles. The van der Waals surface area contributed by atoms with E-state index in [0.29, 0.717) is 6.42 Å². The number of carbonyl (C=O) groups excluding carboxylic acids is 1. The van der Waals surface area contributed by atoms with E-state index in [0.717, 1.165) is 27.9 Å². The van der Waals surface area contributed by atoms with Gasteiger partial charge < -0.3 is 5.73 Å². The normalized spacial score (nSPS) is 10.3. The van der Waals surface area contributed by atoms with Gasteiger partial charge in [-0.05, 0) is 37.5 Å². The fourth-order valence-corrected chi connectivity index (χ4v) is 1.81. The number of nitrogen functional groups attached to an aromatic ring is 1. The highest BCUT2D eigenvalue weighted by atomic mass is 16.1. The summed E-state index contributed by atoms with van der Waals surface area (Å²) < 4.78 is 0. The van der Waals surface area contributed by atoms with Crippen molar-refractivity contribution in [1.29, 1.82) is 0 Å². The summed E-state index contributed by atoms with van der Waals surface area (Å²) >= 11 is 0. The van der Waals surface area contributed by atoms with Gasteiger partial charge in [0.05, 0.1) is 0 Å². The molecule has 0 amide bonds. The number of hydrogen-bond donors (Lipinski definition) is 1. The van der Waals surface area contributed by atoms with Crippen LogP contribution in [0.5, 0.6) is 0 Å². The Balaban J connectivity index is 3.44. The molecule has 14 heavy (non-hydrogen) atoms. The topological polar surface area (TPSA) is 43.1 Å². The highest BCUT2D eigenvalue weighted by Crippen LogP contribution is 2.25. The van der Waals surface area contributed by atoms with Crippen molar-refractivity contribution in [3.63, 3.8) is 0 Å². The Morgan fingerprint density at radius 2 is 1.86 bits per heavy atom. The van der Waals surface area contributed by atoms with Crippen LogP contribution in [0.2, 0.25) is 0 Å². The third-order valence-corrected chi connectivity index (χ3v) is 2.63. The molecule has 0 saturated heterocycles. The second-order valence-electron chi connectivity index (χ2n) is 3.70. The molecular formula is C12H17NO. The van der Waals surface area contributed by atoms with Crippen LogP contribution in [0.3, 0.4) is 0 Å². The van der Waals surface area contributed by atoms with Gasteiger partial charge in [0.25, 0.3) is 0 Å². The number of anilines is 1. The minimum absolute atomic E-state index is 0.173. The average molecular weight is 191 g/mol. The van der Waals surface area contributed by atoms with Crippen LogP contribution in [0.4, 0.5) is 5.69 Å². The molecule has 0 aromatic heterocycles. The zero-order chi connectivity index (χ0) is 10.9. The molecule has 0 unspecified atom stereocenters. The Labute approximate surface area is 85.1 Å². The molecule has 76 valence electrons. The van der Waals surface area contributed by atoms with E-state index >= 15 is 0 Å². The average Bonchev–Trinajstić information content (AvgIpc) is 2.14. The van der Waals surface area contributed by atoms with E-state index in [1.54, 1.807) is 0 Å². The van der Waals surface area contributed by atoms with Crippen molar-refractivity contribution in [3.05, 3.63) is 28.3 Å². The Kier molecular flexibility index (Phi) is 2.94. The highest BCUT2D eigenvalue weighted by molar-refractivity contribution is 6.00. The quantitative estimate of drug-likeness (QED) is 0.577. The summed E-state index contributed by atoms with van der Waals surface area (Å²) in [5, 5.41) is 0. The lowest BCUT2D eigenvalue weighted by molar-refractivity contribution is 0.0987. The number of nitrogens with two attached hydrogens (primary N) is 1. The van der Waals surface area contributed by atoms with Gasteiger partial charge in [0.1, 0.15) is 0 Å². The van der Waals surface area contributed by atoms with Gasteiger partial charge in [-0.1, -0.05) is 13.0 Å². The Hall–Kier alpha value is -1.31. The van der Waals surface area contributed by atoms with Crippen molar-refractivity contribution in [2.24, 2.45) is 0 Å². The molecule has 2 N–H and O–H groups in total. The molecule has 0 aliphatic rings. The summed E-state index contributed by atoms with van der Waals surface area (Å²) in [6.07, 6.45) is 0.532. The fraction of sp³-hybridized carbons (Fsp3) is 0.417. The van der Waals surface area contributed by atoms with Gasteiger partial charge in [-0.15, -0.1) is 0 Å². The minimum atomic E-state index is 0.173. The molecular weight excluding hydrogens is 174 g/mol. The maximum atomic E-state index is 11.7. The molecule has 0 saturated carbocycles. The van der Waals surface area contributed by atoms with Crippen molar-refractivity contribution in [2.45, 2.75) is 34.1 Å². The van der Waals surface area contributed by atoms with Gasteiger partial charge >= 0.3 is 0 Å². The first kappa shape index (κ1) is 10.8. The van der Waals surface area contributed by atoms with Crippen molar-refractivity contribution < 1.29 is 4.79 Å². The van der Waals surface area contributed by atoms with Crippen molar-refractivity contribution in [3.8, 4) is 0 Å². The summed E-state index contributed by atoms with van der Waals surface area (Å²) in [5.41, 5.74) is 10.4. The molecule has 2 heteroatoms. The summed E-state index contributed by atoms with van der Waals surface area (Å²) in [5.74, 6) is 0.173. The first-order chi connectivity index (χ1) is 6.49. The molecule has 2 nitrogen and oxygen atoms in total. The molecule has 0 radical (unpaired) electrons. The van der Waals surface area contributed by atoms with Crippen LogP contribution < -0.4 is 5.73 Å². The van der Waals surface area contributed by atoms with Crippen LogP contribution >= 0.6 is 0 Å². The van der Waals surface area contributed by atoms with Gasteiger partial charge in [-0.3, -0.25) is 4.79 Å². The zero-order valence-electron chi connectivity index (χ0n) is 9.27. The van der Waals surface area contributed by atoms with Crippen molar-refractivity contribution in [2.75, 3.05) is 5.73 Å². The summed E-state index contributed by atoms with van der Waals surface area (Å²) in [4.78, 5) is 11.7. The van der Waals surface area contributed by atoms with E-state index in [4.69, 9.17) is 5.73 Å². The maximum absolute atomic E-state index is 11.7. The van der Waals surface area contributed by atoms with E-state index in [1.807, 2.05) is 33.8 Å². The summed E-state index contributed by atoms with van der Waals surface area (Å²) in [7, 11) is 0. The van der Waals surface area contributed by atoms with Gasteiger partial charge in [0.2, 0.25) is 0 Å². The number of rotatable bonds is 2. The van der Waals surface area contributed by atoms with Gasteiger partial charge in [-0.25, -0.2) is 0 Å². The molecule has 0 bridgehead atoms. The smallest absolute Gasteiger partial charge is 0.163 e. The molecule has 0 spiro atoms. The SMILES string of the molecule is CCC(=O)c1c(C)cc(C)c(N)c1C. The lowest BCUT2D eigenvalue weighted by Crippen LogP contribution is -2.07. The van der Waals surface area contributed by atoms with E-state index in [2.05, 4.69) is 0 Å². The first-order valence-corrected chi connectivity index (χ1v) is 4.88. The summed E-state index contributed by atoms with van der Waals surface area (Å²) in [6.45, 7) is 7.72. The Morgan fingerprint density at radius 1 is 1.29 bits per heavy atom. The summed E-state index contributed by atoms with van der Waals surface area (Å²) in [6, 6.07) is 1.98. The van der Waals surface area contributed by atoms with Gasteiger partial charge in [-0.2, -0.15) is 0 Å². The van der Waals surface area contributed by atoms with Crippen LogP contribution in [0.1, 0.15) is 40.4 Å². The standard InChI is InChI=1S/C12H17NO/c1-5-10(14)11-7(2)6-8(3)12(13)9(11)4/h6H,5,13H2,1-4H3. The Bertz CT molecular complexity index is 380. The molecule has 1 aromatic rings. The zero-order valence-corrected chi connectivity index (χ0v) is 9.27. The number of carbonyl (C=O) groups is 1. The third kappa shape index (κ3) is 1.65. The Morgan fingerprint density at radius 3 is 2.36 bits per heavy atom.